The van der Waals surface area contributed by atoms with Crippen molar-refractivity contribution in [2.75, 3.05) is 33.3 Å². The summed E-state index contributed by atoms with van der Waals surface area (Å²) >= 11 is 0. The van der Waals surface area contributed by atoms with Crippen molar-refractivity contribution >= 4 is 11.9 Å². The van der Waals surface area contributed by atoms with Crippen LogP contribution in [0.15, 0.2) is 24.3 Å². The second kappa shape index (κ2) is 7.74. The number of nitrogens with two attached hydrogens (primary N) is 1. The number of likely N-dealkylation sites (tertiary alicyclic amines) is 2. The van der Waals surface area contributed by atoms with Gasteiger partial charge in [-0.05, 0) is 43.6 Å². The fraction of sp³-hybridized carbons (Fsp3) is 0.556. The molecule has 0 aliphatic carbocycles. The highest BCUT2D eigenvalue weighted by molar-refractivity contribution is 5.76. The van der Waals surface area contributed by atoms with Crippen molar-refractivity contribution in [3.8, 4) is 5.75 Å². The number of hydrogen-bond donors (Lipinski definition) is 2. The number of urea groups is 1. The monoisotopic (exact) mass is 346 g/mol. The molecule has 2 heterocycles. The summed E-state index contributed by atoms with van der Waals surface area (Å²) in [5.41, 5.74) is 6.41. The molecule has 2 saturated heterocycles. The number of piperidine rings is 1. The maximum absolute atomic E-state index is 12.2. The first kappa shape index (κ1) is 17.5. The van der Waals surface area contributed by atoms with Crippen molar-refractivity contribution in [3.63, 3.8) is 0 Å². The average Bonchev–Trinajstić information content (AvgIpc) is 2.59. The molecule has 2 aliphatic heterocycles. The third-order valence-electron chi connectivity index (χ3n) is 5.20. The van der Waals surface area contributed by atoms with Crippen molar-refractivity contribution in [2.45, 2.75) is 25.4 Å². The van der Waals surface area contributed by atoms with Crippen molar-refractivity contribution in [2.24, 2.45) is 11.7 Å². The van der Waals surface area contributed by atoms with Gasteiger partial charge in [0.05, 0.1) is 7.11 Å². The molecule has 2 fully saturated rings. The van der Waals surface area contributed by atoms with Crippen LogP contribution in [-0.2, 0) is 11.3 Å². The highest BCUT2D eigenvalue weighted by atomic mass is 16.5. The average molecular weight is 346 g/mol. The lowest BCUT2D eigenvalue weighted by Crippen LogP contribution is -2.64. The van der Waals surface area contributed by atoms with Crippen LogP contribution in [0.3, 0.4) is 0 Å². The Balaban J connectivity index is 1.37. The highest BCUT2D eigenvalue weighted by Crippen LogP contribution is 2.23. The Hall–Kier alpha value is -2.28. The van der Waals surface area contributed by atoms with Crippen molar-refractivity contribution < 1.29 is 14.3 Å². The lowest BCUT2D eigenvalue weighted by molar-refractivity contribution is -0.123. The zero-order valence-electron chi connectivity index (χ0n) is 14.6. The molecule has 136 valence electrons. The maximum Gasteiger partial charge on any atom is 0.317 e. The van der Waals surface area contributed by atoms with E-state index >= 15 is 0 Å². The smallest absolute Gasteiger partial charge is 0.317 e. The minimum Gasteiger partial charge on any atom is -0.497 e. The normalized spacial score (nSPS) is 19.3. The molecule has 0 bridgehead atoms. The minimum absolute atomic E-state index is 0.0141. The van der Waals surface area contributed by atoms with E-state index in [2.05, 4.69) is 10.2 Å². The van der Waals surface area contributed by atoms with E-state index in [9.17, 15) is 9.59 Å². The lowest BCUT2D eigenvalue weighted by atomic mass is 9.94. The summed E-state index contributed by atoms with van der Waals surface area (Å²) in [4.78, 5) is 27.6. The summed E-state index contributed by atoms with van der Waals surface area (Å²) in [5, 5.41) is 2.95. The van der Waals surface area contributed by atoms with E-state index in [0.29, 0.717) is 12.6 Å². The topological polar surface area (TPSA) is 87.9 Å². The predicted molar refractivity (Wildman–Crippen MR) is 94.1 cm³/mol. The molecule has 0 radical (unpaired) electrons. The Morgan fingerprint density at radius 3 is 2.40 bits per heavy atom. The third-order valence-corrected chi connectivity index (χ3v) is 5.20. The highest BCUT2D eigenvalue weighted by Gasteiger charge is 2.36. The van der Waals surface area contributed by atoms with E-state index in [4.69, 9.17) is 10.5 Å². The number of carbonyl (C=O) groups is 2. The Morgan fingerprint density at radius 2 is 1.84 bits per heavy atom. The van der Waals surface area contributed by atoms with Gasteiger partial charge in [0, 0.05) is 31.6 Å². The van der Waals surface area contributed by atoms with Gasteiger partial charge < -0.3 is 20.7 Å². The molecule has 0 saturated carbocycles. The molecule has 3 amide bonds. The number of rotatable bonds is 5. The first-order valence-corrected chi connectivity index (χ1v) is 8.76. The van der Waals surface area contributed by atoms with Gasteiger partial charge in [0.2, 0.25) is 5.91 Å². The van der Waals surface area contributed by atoms with Crippen LogP contribution in [0.5, 0.6) is 5.75 Å². The molecule has 3 rings (SSSR count). The summed E-state index contributed by atoms with van der Waals surface area (Å²) in [5.74, 6) is 0.633. The van der Waals surface area contributed by atoms with Crippen LogP contribution in [0.1, 0.15) is 18.4 Å². The van der Waals surface area contributed by atoms with Crippen molar-refractivity contribution in [1.82, 2.24) is 15.1 Å². The van der Waals surface area contributed by atoms with E-state index in [-0.39, 0.29) is 17.9 Å². The molecule has 7 heteroatoms. The number of primary amides is 1. The van der Waals surface area contributed by atoms with Crippen LogP contribution >= 0.6 is 0 Å². The van der Waals surface area contributed by atoms with Crippen LogP contribution < -0.4 is 15.8 Å². The Labute approximate surface area is 148 Å². The molecule has 1 aromatic carbocycles. The SMILES string of the molecule is COc1ccc(CNC(=O)N2CC(N3CCC(C(N)=O)CC3)C2)cc1. The number of methoxy groups -OCH3 is 1. The van der Waals surface area contributed by atoms with Gasteiger partial charge in [-0.15, -0.1) is 0 Å². The Morgan fingerprint density at radius 1 is 1.20 bits per heavy atom. The van der Waals surface area contributed by atoms with Crippen LogP contribution in [0.4, 0.5) is 4.79 Å². The van der Waals surface area contributed by atoms with Crippen molar-refractivity contribution in [3.05, 3.63) is 29.8 Å². The second-order valence-corrected chi connectivity index (χ2v) is 6.78. The van der Waals surface area contributed by atoms with Gasteiger partial charge in [0.15, 0.2) is 0 Å². The lowest BCUT2D eigenvalue weighted by Gasteiger charge is -2.47. The summed E-state index contributed by atoms with van der Waals surface area (Å²) in [7, 11) is 1.63. The Bertz CT molecular complexity index is 605. The van der Waals surface area contributed by atoms with Crippen LogP contribution in [0.2, 0.25) is 0 Å². The predicted octanol–water partition coefficient (Wildman–Crippen LogP) is 0.786. The summed E-state index contributed by atoms with van der Waals surface area (Å²) < 4.78 is 5.12. The van der Waals surface area contributed by atoms with Crippen LogP contribution in [0, 0.1) is 5.92 Å². The zero-order chi connectivity index (χ0) is 17.8. The van der Waals surface area contributed by atoms with Crippen LogP contribution in [0.25, 0.3) is 0 Å². The van der Waals surface area contributed by atoms with Gasteiger partial charge in [-0.25, -0.2) is 4.79 Å². The zero-order valence-corrected chi connectivity index (χ0v) is 14.6. The number of ether oxygens (including phenoxy) is 1. The number of amides is 3. The first-order valence-electron chi connectivity index (χ1n) is 8.76. The minimum atomic E-state index is -0.187. The first-order chi connectivity index (χ1) is 12.1. The molecule has 2 aliphatic rings. The van der Waals surface area contributed by atoms with Gasteiger partial charge >= 0.3 is 6.03 Å². The molecule has 1 aromatic rings. The molecular formula is C18H26N4O3. The number of nitrogens with zero attached hydrogens (tertiary/aromatic N) is 2. The van der Waals surface area contributed by atoms with Gasteiger partial charge in [0.25, 0.3) is 0 Å². The summed E-state index contributed by atoms with van der Waals surface area (Å²) in [6.07, 6.45) is 1.66. The third kappa shape index (κ3) is 4.22. The molecule has 7 nitrogen and oxygen atoms in total. The quantitative estimate of drug-likeness (QED) is 0.825. The molecule has 25 heavy (non-hydrogen) atoms. The largest absolute Gasteiger partial charge is 0.497 e. The van der Waals surface area contributed by atoms with Gasteiger partial charge in [0.1, 0.15) is 5.75 Å². The fourth-order valence-electron chi connectivity index (χ4n) is 3.43. The van der Waals surface area contributed by atoms with E-state index in [1.54, 1.807) is 7.11 Å². The van der Waals surface area contributed by atoms with E-state index in [1.807, 2.05) is 29.2 Å². The molecular weight excluding hydrogens is 320 g/mol. The van der Waals surface area contributed by atoms with E-state index in [1.165, 1.54) is 0 Å². The molecule has 0 unspecified atom stereocenters. The van der Waals surface area contributed by atoms with Gasteiger partial charge in [-0.1, -0.05) is 12.1 Å². The number of benzene rings is 1. The molecule has 0 atom stereocenters. The second-order valence-electron chi connectivity index (χ2n) is 6.78. The summed E-state index contributed by atoms with van der Waals surface area (Å²) in [6, 6.07) is 8.04. The van der Waals surface area contributed by atoms with Gasteiger partial charge in [-0.2, -0.15) is 0 Å². The maximum atomic E-state index is 12.2. The number of hydrogen-bond acceptors (Lipinski definition) is 4. The fourth-order valence-corrected chi connectivity index (χ4v) is 3.43. The molecule has 0 spiro atoms. The molecule has 0 aromatic heterocycles. The van der Waals surface area contributed by atoms with E-state index < -0.39 is 0 Å². The van der Waals surface area contributed by atoms with Gasteiger partial charge in [-0.3, -0.25) is 9.69 Å². The molecule has 3 N–H and O–H groups in total. The van der Waals surface area contributed by atoms with E-state index in [0.717, 1.165) is 50.3 Å². The van der Waals surface area contributed by atoms with Crippen molar-refractivity contribution in [1.29, 1.82) is 0 Å². The number of carbonyl (C=O) groups excluding carboxylic acids is 2. The Kier molecular flexibility index (Phi) is 5.43. The standard InChI is InChI=1S/C18H26N4O3/c1-25-16-4-2-13(3-5-16)10-20-18(24)22-11-15(12-22)21-8-6-14(7-9-21)17(19)23/h2-5,14-15H,6-12H2,1H3,(H2,19,23)(H,20,24). The van der Waals surface area contributed by atoms with Crippen LogP contribution in [-0.4, -0.2) is 61.1 Å². The number of nitrogens with one attached hydrogen (secondary N) is 1. The summed E-state index contributed by atoms with van der Waals surface area (Å²) in [6.45, 7) is 3.78.